The maximum atomic E-state index is 10.7. The van der Waals surface area contributed by atoms with Crippen LogP contribution in [0.15, 0.2) is 70.0 Å². The van der Waals surface area contributed by atoms with Gasteiger partial charge in [0.2, 0.25) is 0 Å². The highest BCUT2D eigenvalue weighted by molar-refractivity contribution is 7.08. The van der Waals surface area contributed by atoms with Crippen molar-refractivity contribution in [2.45, 2.75) is 0 Å². The van der Waals surface area contributed by atoms with Gasteiger partial charge < -0.3 is 14.3 Å². The molecule has 0 aliphatic heterocycles. The number of carbonyl (C=O) groups excluding carboxylic acids is 1. The molecule has 0 radical (unpaired) electrons. The van der Waals surface area contributed by atoms with Crippen LogP contribution in [0.3, 0.4) is 0 Å². The number of aliphatic carboxylic acids is 1. The van der Waals surface area contributed by atoms with E-state index in [1.165, 1.54) is 0 Å². The van der Waals surface area contributed by atoms with Gasteiger partial charge in [-0.25, -0.2) is 0 Å². The highest BCUT2D eigenvalue weighted by Crippen LogP contribution is 2.28. The predicted molar refractivity (Wildman–Crippen MR) is 98.0 cm³/mol. The van der Waals surface area contributed by atoms with E-state index >= 15 is 0 Å². The van der Waals surface area contributed by atoms with Crippen LogP contribution in [0.4, 0.5) is 0 Å². The van der Waals surface area contributed by atoms with Crippen molar-refractivity contribution in [3.63, 3.8) is 0 Å². The first-order chi connectivity index (χ1) is 12.1. The van der Waals surface area contributed by atoms with E-state index in [0.717, 1.165) is 28.0 Å². The minimum Gasteiger partial charge on any atom is -0.549 e. The van der Waals surface area contributed by atoms with Crippen LogP contribution in [0.2, 0.25) is 0 Å². The lowest BCUT2D eigenvalue weighted by atomic mass is 9.98. The van der Waals surface area contributed by atoms with Gasteiger partial charge in [-0.05, 0) is 52.7 Å². The Bertz CT molecular complexity index is 834. The van der Waals surface area contributed by atoms with Crippen molar-refractivity contribution in [3.05, 3.63) is 76.7 Å². The molecule has 0 aliphatic carbocycles. The van der Waals surface area contributed by atoms with E-state index < -0.39 is 5.97 Å². The molecule has 0 saturated carbocycles. The zero-order valence-corrected chi connectivity index (χ0v) is 14.7. The number of carboxylic acids is 1. The largest absolute Gasteiger partial charge is 0.549 e. The summed E-state index contributed by atoms with van der Waals surface area (Å²) in [5.41, 5.74) is 4.30. The smallest absolute Gasteiger partial charge is 0.133 e. The van der Waals surface area contributed by atoms with Crippen LogP contribution in [0.5, 0.6) is 0 Å². The summed E-state index contributed by atoms with van der Waals surface area (Å²) in [5.74, 6) is -0.239. The molecule has 0 unspecified atom stereocenters. The lowest BCUT2D eigenvalue weighted by Gasteiger charge is -2.16. The topological polar surface area (TPSA) is 56.5 Å². The third-order valence-electron chi connectivity index (χ3n) is 3.84. The lowest BCUT2D eigenvalue weighted by Crippen LogP contribution is -2.36. The molecular formula is C20H18NO3S-. The second kappa shape index (κ2) is 7.96. The van der Waals surface area contributed by atoms with Crippen molar-refractivity contribution in [2.24, 2.45) is 0 Å². The van der Waals surface area contributed by atoms with Crippen molar-refractivity contribution >= 4 is 22.9 Å². The molecule has 2 aromatic heterocycles. The Morgan fingerprint density at radius 2 is 2.00 bits per heavy atom. The zero-order chi connectivity index (χ0) is 17.6. The molecule has 0 amide bonds. The highest BCUT2D eigenvalue weighted by atomic mass is 32.1. The third-order valence-corrected chi connectivity index (χ3v) is 4.52. The van der Waals surface area contributed by atoms with Gasteiger partial charge in [-0.1, -0.05) is 30.3 Å². The third kappa shape index (κ3) is 4.47. The Labute approximate surface area is 150 Å². The first kappa shape index (κ1) is 17.2. The first-order valence-corrected chi connectivity index (χ1v) is 8.83. The summed E-state index contributed by atoms with van der Waals surface area (Å²) in [5, 5.41) is 14.8. The molecule has 25 heavy (non-hydrogen) atoms. The summed E-state index contributed by atoms with van der Waals surface area (Å²) in [6, 6.07) is 14.0. The number of carbonyl (C=O) groups is 1. The molecule has 0 bridgehead atoms. The molecule has 4 nitrogen and oxygen atoms in total. The number of hydrogen-bond acceptors (Lipinski definition) is 5. The molecule has 3 rings (SSSR count). The van der Waals surface area contributed by atoms with E-state index in [2.05, 4.69) is 23.6 Å². The number of benzene rings is 1. The van der Waals surface area contributed by atoms with E-state index in [9.17, 15) is 9.90 Å². The fourth-order valence-corrected chi connectivity index (χ4v) is 3.26. The summed E-state index contributed by atoms with van der Waals surface area (Å²) in [7, 11) is 1.76. The maximum absolute atomic E-state index is 10.7. The number of rotatable bonds is 7. The Morgan fingerprint density at radius 1 is 1.20 bits per heavy atom. The van der Waals surface area contributed by atoms with Crippen molar-refractivity contribution in [3.8, 4) is 11.3 Å². The number of hydrogen-bond donors (Lipinski definition) is 0. The van der Waals surface area contributed by atoms with Gasteiger partial charge in [0, 0.05) is 18.7 Å². The van der Waals surface area contributed by atoms with Crippen molar-refractivity contribution in [2.75, 3.05) is 20.1 Å². The molecule has 1 aromatic carbocycles. The van der Waals surface area contributed by atoms with Crippen molar-refractivity contribution in [1.29, 1.82) is 0 Å². The second-order valence-corrected chi connectivity index (χ2v) is 6.53. The normalized spacial score (nSPS) is 11.8. The van der Waals surface area contributed by atoms with E-state index in [1.807, 2.05) is 35.7 Å². The van der Waals surface area contributed by atoms with Gasteiger partial charge in [-0.15, -0.1) is 0 Å². The van der Waals surface area contributed by atoms with Gasteiger partial charge in [-0.2, -0.15) is 11.3 Å². The van der Waals surface area contributed by atoms with Crippen LogP contribution in [0.25, 0.3) is 16.9 Å². The van der Waals surface area contributed by atoms with Gasteiger partial charge >= 0.3 is 0 Å². The molecule has 3 aromatic rings. The minimum absolute atomic E-state index is 0.0924. The van der Waals surface area contributed by atoms with Gasteiger partial charge in [-0.3, -0.25) is 4.90 Å². The number of thiophene rings is 1. The fraction of sp³-hybridized carbons (Fsp3) is 0.150. The monoisotopic (exact) mass is 352 g/mol. The molecule has 0 fully saturated rings. The van der Waals surface area contributed by atoms with Gasteiger partial charge in [0.25, 0.3) is 0 Å². The van der Waals surface area contributed by atoms with Crippen LogP contribution in [0, 0.1) is 0 Å². The van der Waals surface area contributed by atoms with E-state index in [4.69, 9.17) is 4.42 Å². The summed E-state index contributed by atoms with van der Waals surface area (Å²) in [6.45, 7) is 0.434. The Balaban J connectivity index is 1.86. The molecule has 2 heterocycles. The summed E-state index contributed by atoms with van der Waals surface area (Å²) < 4.78 is 5.43. The van der Waals surface area contributed by atoms with E-state index in [1.54, 1.807) is 29.5 Å². The van der Waals surface area contributed by atoms with Gasteiger partial charge in [0.15, 0.2) is 0 Å². The first-order valence-electron chi connectivity index (χ1n) is 7.89. The van der Waals surface area contributed by atoms with Crippen LogP contribution < -0.4 is 5.11 Å². The van der Waals surface area contributed by atoms with Crippen LogP contribution in [-0.4, -0.2) is 31.0 Å². The van der Waals surface area contributed by atoms with Crippen LogP contribution >= 0.6 is 11.3 Å². The molecule has 0 atom stereocenters. The van der Waals surface area contributed by atoms with Crippen molar-refractivity contribution in [1.82, 2.24) is 4.90 Å². The number of carboxylic acid groups (broad SMARTS) is 1. The standard InChI is InChI=1S/C20H19NO3S/c1-21(13-20(22)23)10-8-18(17-9-12-25-14-17)15-4-6-16(7-5-15)19-3-2-11-24-19/h2-9,11-12,14H,10,13H2,1H3,(H,22,23)/p-1/b18-8-. The quantitative estimate of drug-likeness (QED) is 0.656. The lowest BCUT2D eigenvalue weighted by molar-refractivity contribution is -0.306. The number of likely N-dealkylation sites (N-methyl/N-ethyl adjacent to an activating group) is 1. The molecule has 0 N–H and O–H groups in total. The Hall–Kier alpha value is -2.63. The van der Waals surface area contributed by atoms with Gasteiger partial charge in [0.05, 0.1) is 12.2 Å². The molecule has 5 heteroatoms. The average molecular weight is 352 g/mol. The SMILES string of the molecule is CN(C/C=C(/c1ccc(-c2ccco2)cc1)c1ccsc1)CC(=O)[O-]. The molecule has 128 valence electrons. The predicted octanol–water partition coefficient (Wildman–Crippen LogP) is 3.12. The molecule has 0 spiro atoms. The summed E-state index contributed by atoms with van der Waals surface area (Å²) in [4.78, 5) is 12.4. The van der Waals surface area contributed by atoms with Gasteiger partial charge in [0.1, 0.15) is 5.76 Å². The molecule has 0 saturated heterocycles. The number of nitrogens with zero attached hydrogens (tertiary/aromatic N) is 1. The molecule has 0 aliphatic rings. The maximum Gasteiger partial charge on any atom is 0.133 e. The second-order valence-electron chi connectivity index (χ2n) is 5.75. The average Bonchev–Trinajstić information content (AvgIpc) is 3.29. The Morgan fingerprint density at radius 3 is 2.60 bits per heavy atom. The molecular weight excluding hydrogens is 334 g/mol. The summed E-state index contributed by atoms with van der Waals surface area (Å²) >= 11 is 1.64. The van der Waals surface area contributed by atoms with Crippen LogP contribution in [-0.2, 0) is 4.79 Å². The van der Waals surface area contributed by atoms with Crippen LogP contribution in [0.1, 0.15) is 11.1 Å². The highest BCUT2D eigenvalue weighted by Gasteiger charge is 2.08. The zero-order valence-electron chi connectivity index (χ0n) is 13.8. The van der Waals surface area contributed by atoms with E-state index in [-0.39, 0.29) is 6.54 Å². The summed E-state index contributed by atoms with van der Waals surface area (Å²) in [6.07, 6.45) is 3.71. The van der Waals surface area contributed by atoms with E-state index in [0.29, 0.717) is 6.54 Å². The minimum atomic E-state index is -1.07. The number of furan rings is 1. The fourth-order valence-electron chi connectivity index (χ4n) is 2.61. The van der Waals surface area contributed by atoms with Crippen molar-refractivity contribution < 1.29 is 14.3 Å². The Kier molecular flexibility index (Phi) is 5.48.